The highest BCUT2D eigenvalue weighted by Gasteiger charge is 2.17. The van der Waals surface area contributed by atoms with Crippen LogP contribution in [0.25, 0.3) is 0 Å². The molecular formula is C25H22FN3O4S. The molecule has 1 atom stereocenters. The Morgan fingerprint density at radius 2 is 1.59 bits per heavy atom. The summed E-state index contributed by atoms with van der Waals surface area (Å²) in [5.41, 5.74) is 1.81. The molecule has 4 aromatic rings. The zero-order valence-corrected chi connectivity index (χ0v) is 19.3. The quantitative estimate of drug-likeness (QED) is 0.287. The van der Waals surface area contributed by atoms with E-state index >= 15 is 0 Å². The highest BCUT2D eigenvalue weighted by atomic mass is 32.2. The first kappa shape index (κ1) is 23.3. The summed E-state index contributed by atoms with van der Waals surface area (Å²) in [5, 5.41) is 11.0. The van der Waals surface area contributed by atoms with Crippen LogP contribution in [-0.2, 0) is 4.79 Å². The molecule has 9 heteroatoms. The Kier molecular flexibility index (Phi) is 7.44. The number of nitrogens with zero attached hydrogens (tertiary/aromatic N) is 2. The largest absolute Gasteiger partial charge is 0.481 e. The lowest BCUT2D eigenvalue weighted by molar-refractivity contribution is -0.113. The number of nitrogens with one attached hydrogen (secondary N) is 1. The molecule has 4 rings (SSSR count). The van der Waals surface area contributed by atoms with Gasteiger partial charge in [-0.05, 0) is 74.5 Å². The molecule has 34 heavy (non-hydrogen) atoms. The summed E-state index contributed by atoms with van der Waals surface area (Å²) in [6.07, 6.45) is -0.526. The zero-order chi connectivity index (χ0) is 23.9. The van der Waals surface area contributed by atoms with E-state index in [1.807, 2.05) is 31.2 Å². The van der Waals surface area contributed by atoms with Crippen molar-refractivity contribution < 1.29 is 23.1 Å². The number of anilines is 1. The van der Waals surface area contributed by atoms with E-state index in [0.29, 0.717) is 17.2 Å². The second-order valence-corrected chi connectivity index (χ2v) is 8.32. The van der Waals surface area contributed by atoms with E-state index in [1.165, 1.54) is 24.3 Å². The van der Waals surface area contributed by atoms with Crippen molar-refractivity contribution in [2.45, 2.75) is 25.2 Å². The van der Waals surface area contributed by atoms with E-state index in [1.54, 1.807) is 31.2 Å². The summed E-state index contributed by atoms with van der Waals surface area (Å²) in [6.45, 7) is 3.76. The Labute approximate surface area is 200 Å². The second kappa shape index (κ2) is 10.8. The number of benzene rings is 3. The Bertz CT molecular complexity index is 1230. The lowest BCUT2D eigenvalue weighted by Gasteiger charge is -2.10. The highest BCUT2D eigenvalue weighted by Crippen LogP contribution is 2.25. The van der Waals surface area contributed by atoms with Gasteiger partial charge in [-0.25, -0.2) is 4.39 Å². The number of halogens is 1. The summed E-state index contributed by atoms with van der Waals surface area (Å²) in [5.74, 6) is 1.69. The van der Waals surface area contributed by atoms with E-state index < -0.39 is 6.10 Å². The van der Waals surface area contributed by atoms with Crippen LogP contribution in [0.15, 0.2) is 82.4 Å². The SMILES string of the molecule is Cc1ccc(Oc2ccc(NC(=O)CSc3nnc([C@H](C)Oc4ccc(F)cc4)o3)cc2)cc1. The van der Waals surface area contributed by atoms with Crippen molar-refractivity contribution in [1.29, 1.82) is 0 Å². The van der Waals surface area contributed by atoms with Crippen LogP contribution in [0.3, 0.4) is 0 Å². The fourth-order valence-corrected chi connectivity index (χ4v) is 3.45. The Morgan fingerprint density at radius 3 is 2.26 bits per heavy atom. The number of carbonyl (C=O) groups excluding carboxylic acids is 1. The smallest absolute Gasteiger partial charge is 0.277 e. The van der Waals surface area contributed by atoms with Crippen molar-refractivity contribution in [2.24, 2.45) is 0 Å². The first-order valence-corrected chi connectivity index (χ1v) is 11.5. The molecule has 1 N–H and O–H groups in total. The van der Waals surface area contributed by atoms with Crippen LogP contribution in [-0.4, -0.2) is 21.9 Å². The molecule has 174 valence electrons. The molecule has 0 spiro atoms. The molecule has 0 unspecified atom stereocenters. The van der Waals surface area contributed by atoms with Gasteiger partial charge in [0, 0.05) is 5.69 Å². The lowest BCUT2D eigenvalue weighted by Crippen LogP contribution is -2.13. The van der Waals surface area contributed by atoms with Gasteiger partial charge in [0.1, 0.15) is 23.1 Å². The lowest BCUT2D eigenvalue weighted by atomic mass is 10.2. The number of carbonyl (C=O) groups is 1. The van der Waals surface area contributed by atoms with Gasteiger partial charge in [0.25, 0.3) is 11.1 Å². The fourth-order valence-electron chi connectivity index (χ4n) is 2.88. The Morgan fingerprint density at radius 1 is 0.971 bits per heavy atom. The van der Waals surface area contributed by atoms with Crippen LogP contribution in [0.2, 0.25) is 0 Å². The maximum absolute atomic E-state index is 13.0. The second-order valence-electron chi connectivity index (χ2n) is 7.40. The first-order chi connectivity index (χ1) is 16.4. The summed E-state index contributed by atoms with van der Waals surface area (Å²) in [7, 11) is 0. The highest BCUT2D eigenvalue weighted by molar-refractivity contribution is 7.99. The summed E-state index contributed by atoms with van der Waals surface area (Å²) in [6, 6.07) is 20.5. The molecule has 0 fully saturated rings. The van der Waals surface area contributed by atoms with Crippen LogP contribution in [0.5, 0.6) is 17.2 Å². The van der Waals surface area contributed by atoms with E-state index in [4.69, 9.17) is 13.9 Å². The predicted molar refractivity (Wildman–Crippen MR) is 127 cm³/mol. The fraction of sp³-hybridized carbons (Fsp3) is 0.160. The molecule has 0 aliphatic rings. The molecule has 1 heterocycles. The van der Waals surface area contributed by atoms with Crippen LogP contribution in [0.4, 0.5) is 10.1 Å². The third-order valence-corrected chi connectivity index (χ3v) is 5.44. The van der Waals surface area contributed by atoms with Crippen LogP contribution in [0, 0.1) is 12.7 Å². The Hall–Kier alpha value is -3.85. The number of aryl methyl sites for hydroxylation is 1. The monoisotopic (exact) mass is 479 g/mol. The summed E-state index contributed by atoms with van der Waals surface area (Å²) >= 11 is 1.12. The number of aromatic nitrogens is 2. The molecule has 1 amide bonds. The number of rotatable bonds is 9. The molecule has 3 aromatic carbocycles. The maximum atomic E-state index is 13.0. The van der Waals surface area contributed by atoms with Gasteiger partial charge in [-0.1, -0.05) is 29.5 Å². The van der Waals surface area contributed by atoms with Crippen molar-refractivity contribution in [2.75, 3.05) is 11.1 Å². The van der Waals surface area contributed by atoms with Crippen molar-refractivity contribution in [3.63, 3.8) is 0 Å². The minimum absolute atomic E-state index is 0.0937. The molecular weight excluding hydrogens is 457 g/mol. The standard InChI is InChI=1S/C25H22FN3O4S/c1-16-3-9-21(10-4-16)32-22-13-7-19(8-14-22)27-23(30)15-34-25-29-28-24(33-25)17(2)31-20-11-5-18(26)6-12-20/h3-14,17H,15H2,1-2H3,(H,27,30)/t17-/m0/s1. The molecule has 0 saturated heterocycles. The zero-order valence-electron chi connectivity index (χ0n) is 18.5. The molecule has 0 aliphatic heterocycles. The molecule has 0 bridgehead atoms. The van der Waals surface area contributed by atoms with Gasteiger partial charge in [0.15, 0.2) is 6.10 Å². The topological polar surface area (TPSA) is 86.5 Å². The van der Waals surface area contributed by atoms with Crippen molar-refractivity contribution in [3.05, 3.63) is 90.1 Å². The van der Waals surface area contributed by atoms with Gasteiger partial charge in [0.05, 0.1) is 5.75 Å². The molecule has 1 aromatic heterocycles. The normalized spacial score (nSPS) is 11.6. The number of thioether (sulfide) groups is 1. The average Bonchev–Trinajstić information content (AvgIpc) is 3.31. The molecule has 0 saturated carbocycles. The summed E-state index contributed by atoms with van der Waals surface area (Å²) in [4.78, 5) is 12.3. The van der Waals surface area contributed by atoms with E-state index in [-0.39, 0.29) is 28.6 Å². The molecule has 0 radical (unpaired) electrons. The van der Waals surface area contributed by atoms with E-state index in [9.17, 15) is 9.18 Å². The van der Waals surface area contributed by atoms with E-state index in [2.05, 4.69) is 15.5 Å². The maximum Gasteiger partial charge on any atom is 0.277 e. The van der Waals surface area contributed by atoms with Gasteiger partial charge >= 0.3 is 0 Å². The van der Waals surface area contributed by atoms with Gasteiger partial charge in [-0.15, -0.1) is 10.2 Å². The van der Waals surface area contributed by atoms with Crippen LogP contribution >= 0.6 is 11.8 Å². The van der Waals surface area contributed by atoms with Gasteiger partial charge < -0.3 is 19.2 Å². The molecule has 7 nitrogen and oxygen atoms in total. The number of hydrogen-bond acceptors (Lipinski definition) is 7. The number of amides is 1. The third kappa shape index (κ3) is 6.58. The van der Waals surface area contributed by atoms with E-state index in [0.717, 1.165) is 23.1 Å². The van der Waals surface area contributed by atoms with Crippen molar-refractivity contribution in [3.8, 4) is 17.2 Å². The van der Waals surface area contributed by atoms with Gasteiger partial charge in [-0.2, -0.15) is 0 Å². The van der Waals surface area contributed by atoms with Crippen molar-refractivity contribution in [1.82, 2.24) is 10.2 Å². The minimum atomic E-state index is -0.526. The predicted octanol–water partition coefficient (Wildman–Crippen LogP) is 6.18. The number of ether oxygens (including phenoxy) is 2. The average molecular weight is 480 g/mol. The number of hydrogen-bond donors (Lipinski definition) is 1. The van der Waals surface area contributed by atoms with Crippen molar-refractivity contribution >= 4 is 23.4 Å². The van der Waals surface area contributed by atoms with Crippen LogP contribution in [0.1, 0.15) is 24.5 Å². The Balaban J connectivity index is 1.24. The third-order valence-electron chi connectivity index (χ3n) is 4.62. The first-order valence-electron chi connectivity index (χ1n) is 10.5. The van der Waals surface area contributed by atoms with Crippen LogP contribution < -0.4 is 14.8 Å². The summed E-state index contributed by atoms with van der Waals surface area (Å²) < 4.78 is 30.0. The van der Waals surface area contributed by atoms with Gasteiger partial charge in [0.2, 0.25) is 5.91 Å². The molecule has 0 aliphatic carbocycles. The minimum Gasteiger partial charge on any atom is -0.481 e. The van der Waals surface area contributed by atoms with Gasteiger partial charge in [-0.3, -0.25) is 4.79 Å².